The van der Waals surface area contributed by atoms with E-state index < -0.39 is 5.97 Å². The third-order valence-electron chi connectivity index (χ3n) is 4.90. The van der Waals surface area contributed by atoms with Gasteiger partial charge < -0.3 is 15.2 Å². The maximum atomic E-state index is 11.6. The van der Waals surface area contributed by atoms with Crippen molar-refractivity contribution in [3.05, 3.63) is 35.9 Å². The third-order valence-corrected chi connectivity index (χ3v) is 4.90. The van der Waals surface area contributed by atoms with Crippen LogP contribution in [0.4, 0.5) is 4.79 Å². The molecule has 3 rings (SSSR count). The van der Waals surface area contributed by atoms with Crippen LogP contribution in [-0.4, -0.2) is 23.7 Å². The minimum absolute atomic E-state index is 0.148. The smallest absolute Gasteiger partial charge is 0.407 e. The van der Waals surface area contributed by atoms with Gasteiger partial charge in [-0.05, 0) is 42.6 Å². The lowest BCUT2D eigenvalue weighted by atomic mass is 9.48. The monoisotopic (exact) mass is 303 g/mol. The van der Waals surface area contributed by atoms with Gasteiger partial charge in [-0.25, -0.2) is 4.79 Å². The van der Waals surface area contributed by atoms with Crippen LogP contribution in [0.5, 0.6) is 0 Å². The number of carbonyl (C=O) groups is 2. The number of amides is 1. The predicted molar refractivity (Wildman–Crippen MR) is 80.1 cm³/mol. The standard InChI is InChI=1S/C17H21NO4/c19-15(20)14-8-17(9-14)6-13(7-17)10-18-16(21)22-11-12-4-2-1-3-5-12/h1-5,13-14H,6-11H2,(H,18,21)(H,19,20). The van der Waals surface area contributed by atoms with E-state index in [1.54, 1.807) is 0 Å². The summed E-state index contributed by atoms with van der Waals surface area (Å²) < 4.78 is 5.16. The Morgan fingerprint density at radius 3 is 2.50 bits per heavy atom. The Morgan fingerprint density at radius 2 is 1.86 bits per heavy atom. The van der Waals surface area contributed by atoms with Crippen LogP contribution in [0, 0.1) is 17.3 Å². The fraction of sp³-hybridized carbons (Fsp3) is 0.529. The maximum Gasteiger partial charge on any atom is 0.407 e. The average molecular weight is 303 g/mol. The fourth-order valence-electron chi connectivity index (χ4n) is 3.80. The van der Waals surface area contributed by atoms with Gasteiger partial charge >= 0.3 is 12.1 Å². The first-order valence-corrected chi connectivity index (χ1v) is 7.74. The molecule has 0 atom stereocenters. The number of aliphatic carboxylic acids is 1. The summed E-state index contributed by atoms with van der Waals surface area (Å²) in [6.07, 6.45) is 3.27. The van der Waals surface area contributed by atoms with Crippen LogP contribution in [0.1, 0.15) is 31.2 Å². The van der Waals surface area contributed by atoms with E-state index in [-0.39, 0.29) is 24.0 Å². The molecule has 1 aromatic carbocycles. The summed E-state index contributed by atoms with van der Waals surface area (Å²) in [4.78, 5) is 22.5. The summed E-state index contributed by atoms with van der Waals surface area (Å²) in [5.41, 5.74) is 1.22. The summed E-state index contributed by atoms with van der Waals surface area (Å²) in [7, 11) is 0. The zero-order valence-electron chi connectivity index (χ0n) is 12.5. The van der Waals surface area contributed by atoms with Crippen LogP contribution in [0.3, 0.4) is 0 Å². The summed E-state index contributed by atoms with van der Waals surface area (Å²) in [6, 6.07) is 9.57. The maximum absolute atomic E-state index is 11.6. The largest absolute Gasteiger partial charge is 0.481 e. The van der Waals surface area contributed by atoms with E-state index in [4.69, 9.17) is 9.84 Å². The highest BCUT2D eigenvalue weighted by molar-refractivity contribution is 5.71. The van der Waals surface area contributed by atoms with Gasteiger partial charge in [0.05, 0.1) is 5.92 Å². The van der Waals surface area contributed by atoms with Crippen LogP contribution >= 0.6 is 0 Å². The second-order valence-electron chi connectivity index (χ2n) is 6.66. The SMILES string of the molecule is O=C(NCC1CC2(C1)CC(C(=O)O)C2)OCc1ccccc1. The molecule has 2 aliphatic carbocycles. The number of alkyl carbamates (subject to hydrolysis) is 1. The molecule has 2 N–H and O–H groups in total. The number of carbonyl (C=O) groups excluding carboxylic acids is 1. The summed E-state index contributed by atoms with van der Waals surface area (Å²) in [6.45, 7) is 0.898. The minimum Gasteiger partial charge on any atom is -0.481 e. The molecule has 0 heterocycles. The molecule has 0 aliphatic heterocycles. The predicted octanol–water partition coefficient (Wildman–Crippen LogP) is 2.80. The Bertz CT molecular complexity index is 543. The third kappa shape index (κ3) is 3.24. The summed E-state index contributed by atoms with van der Waals surface area (Å²) in [5, 5.41) is 11.7. The number of rotatable bonds is 5. The first kappa shape index (κ1) is 14.9. The second kappa shape index (κ2) is 5.99. The van der Waals surface area contributed by atoms with Crippen molar-refractivity contribution < 1.29 is 19.4 Å². The van der Waals surface area contributed by atoms with Crippen LogP contribution in [0.2, 0.25) is 0 Å². The Kier molecular flexibility index (Phi) is 4.05. The number of carboxylic acid groups (broad SMARTS) is 1. The van der Waals surface area contributed by atoms with Crippen molar-refractivity contribution in [3.8, 4) is 0 Å². The Hall–Kier alpha value is -2.04. The van der Waals surface area contributed by atoms with Gasteiger partial charge in [0.15, 0.2) is 0 Å². The molecule has 5 heteroatoms. The number of hydrogen-bond donors (Lipinski definition) is 2. The zero-order valence-corrected chi connectivity index (χ0v) is 12.5. The number of ether oxygens (including phenoxy) is 1. The fourth-order valence-corrected chi connectivity index (χ4v) is 3.80. The van der Waals surface area contributed by atoms with Crippen LogP contribution in [0.25, 0.3) is 0 Å². The van der Waals surface area contributed by atoms with Crippen molar-refractivity contribution >= 4 is 12.1 Å². The van der Waals surface area contributed by atoms with Crippen molar-refractivity contribution in [2.45, 2.75) is 32.3 Å². The molecule has 0 aromatic heterocycles. The van der Waals surface area contributed by atoms with E-state index in [0.717, 1.165) is 31.2 Å². The molecule has 0 saturated heterocycles. The van der Waals surface area contributed by atoms with Gasteiger partial charge in [0, 0.05) is 6.54 Å². The minimum atomic E-state index is -0.670. The van der Waals surface area contributed by atoms with E-state index in [1.165, 1.54) is 0 Å². The van der Waals surface area contributed by atoms with Crippen LogP contribution in [0.15, 0.2) is 30.3 Å². The molecule has 1 aromatic rings. The van der Waals surface area contributed by atoms with E-state index in [2.05, 4.69) is 5.32 Å². The van der Waals surface area contributed by atoms with Gasteiger partial charge in [0.2, 0.25) is 0 Å². The van der Waals surface area contributed by atoms with Crippen molar-refractivity contribution in [1.82, 2.24) is 5.32 Å². The van der Waals surface area contributed by atoms with E-state index in [1.807, 2.05) is 30.3 Å². The molecule has 2 fully saturated rings. The molecule has 118 valence electrons. The first-order chi connectivity index (χ1) is 10.6. The average Bonchev–Trinajstić information content (AvgIpc) is 2.42. The number of hydrogen-bond acceptors (Lipinski definition) is 3. The van der Waals surface area contributed by atoms with E-state index in [0.29, 0.717) is 12.5 Å². The molecule has 22 heavy (non-hydrogen) atoms. The van der Waals surface area contributed by atoms with Gasteiger partial charge in [0.1, 0.15) is 6.61 Å². The van der Waals surface area contributed by atoms with E-state index in [9.17, 15) is 9.59 Å². The molecule has 1 amide bonds. The van der Waals surface area contributed by atoms with Crippen molar-refractivity contribution in [2.24, 2.45) is 17.3 Å². The van der Waals surface area contributed by atoms with Crippen LogP contribution < -0.4 is 5.32 Å². The van der Waals surface area contributed by atoms with Gasteiger partial charge in [0.25, 0.3) is 0 Å². The molecule has 0 unspecified atom stereocenters. The number of benzene rings is 1. The molecule has 0 bridgehead atoms. The highest BCUT2D eigenvalue weighted by Crippen LogP contribution is 2.60. The van der Waals surface area contributed by atoms with Crippen molar-refractivity contribution in [1.29, 1.82) is 0 Å². The summed E-state index contributed by atoms with van der Waals surface area (Å²) >= 11 is 0. The molecule has 2 aliphatic rings. The Balaban J connectivity index is 1.30. The van der Waals surface area contributed by atoms with Crippen LogP contribution in [-0.2, 0) is 16.1 Å². The molecular formula is C17H21NO4. The van der Waals surface area contributed by atoms with Gasteiger partial charge in [-0.15, -0.1) is 0 Å². The normalized spacial score (nSPS) is 29.3. The number of nitrogens with one attached hydrogen (secondary N) is 1. The van der Waals surface area contributed by atoms with Gasteiger partial charge in [-0.2, -0.15) is 0 Å². The topological polar surface area (TPSA) is 75.6 Å². The molecule has 1 spiro atoms. The molecule has 5 nitrogen and oxygen atoms in total. The lowest BCUT2D eigenvalue weighted by Gasteiger charge is -2.56. The second-order valence-corrected chi connectivity index (χ2v) is 6.66. The first-order valence-electron chi connectivity index (χ1n) is 7.74. The Labute approximate surface area is 129 Å². The highest BCUT2D eigenvalue weighted by Gasteiger charge is 2.54. The summed E-state index contributed by atoms with van der Waals surface area (Å²) in [5.74, 6) is -0.361. The molecule has 0 radical (unpaired) electrons. The lowest BCUT2D eigenvalue weighted by molar-refractivity contribution is -0.157. The zero-order chi connectivity index (χ0) is 15.6. The quantitative estimate of drug-likeness (QED) is 0.877. The Morgan fingerprint density at radius 1 is 1.18 bits per heavy atom. The van der Waals surface area contributed by atoms with Gasteiger partial charge in [-0.1, -0.05) is 30.3 Å². The lowest BCUT2D eigenvalue weighted by Crippen LogP contribution is -2.52. The van der Waals surface area contributed by atoms with Crippen molar-refractivity contribution in [3.63, 3.8) is 0 Å². The van der Waals surface area contributed by atoms with Gasteiger partial charge in [-0.3, -0.25) is 4.79 Å². The molecular weight excluding hydrogens is 282 g/mol. The highest BCUT2D eigenvalue weighted by atomic mass is 16.5. The van der Waals surface area contributed by atoms with Crippen molar-refractivity contribution in [2.75, 3.05) is 6.54 Å². The molecule has 2 saturated carbocycles. The van der Waals surface area contributed by atoms with E-state index >= 15 is 0 Å². The number of carboxylic acids is 1.